The number of hydrogen-bond donors (Lipinski definition) is 2. The molecule has 0 saturated carbocycles. The Morgan fingerprint density at radius 1 is 1.19 bits per heavy atom. The summed E-state index contributed by atoms with van der Waals surface area (Å²) in [6, 6.07) is 13.1. The van der Waals surface area contributed by atoms with E-state index in [2.05, 4.69) is 10.1 Å². The molecular formula is C20H18N4O2. The molecule has 0 unspecified atom stereocenters. The highest BCUT2D eigenvalue weighted by Crippen LogP contribution is 2.36. The predicted octanol–water partition coefficient (Wildman–Crippen LogP) is 2.88. The van der Waals surface area contributed by atoms with Gasteiger partial charge in [0.25, 0.3) is 0 Å². The van der Waals surface area contributed by atoms with Crippen LogP contribution in [0.25, 0.3) is 11.3 Å². The molecular weight excluding hydrogens is 328 g/mol. The summed E-state index contributed by atoms with van der Waals surface area (Å²) in [4.78, 5) is 16.0. The van der Waals surface area contributed by atoms with Crippen LogP contribution >= 0.6 is 0 Å². The number of aromatic nitrogens is 2. The Hall–Kier alpha value is -3.41. The third-order valence-corrected chi connectivity index (χ3v) is 4.60. The number of fused-ring (bicyclic) bond motifs is 1. The minimum Gasteiger partial charge on any atom is -0.504 e. The van der Waals surface area contributed by atoms with E-state index in [0.29, 0.717) is 34.8 Å². The van der Waals surface area contributed by atoms with Crippen molar-refractivity contribution in [1.82, 2.24) is 9.78 Å². The Kier molecular flexibility index (Phi) is 3.61. The second-order valence-electron chi connectivity index (χ2n) is 6.48. The van der Waals surface area contributed by atoms with Gasteiger partial charge in [-0.3, -0.25) is 14.5 Å². The molecule has 6 nitrogen and oxygen atoms in total. The number of aryl methyl sites for hydroxylation is 2. The first-order valence-electron chi connectivity index (χ1n) is 8.27. The van der Waals surface area contributed by atoms with Crippen LogP contribution in [0.15, 0.2) is 47.5 Å². The van der Waals surface area contributed by atoms with Gasteiger partial charge < -0.3 is 10.8 Å². The molecule has 0 bridgehead atoms. The van der Waals surface area contributed by atoms with Crippen molar-refractivity contribution in [2.75, 3.05) is 0 Å². The standard InChI is InChI=1S/C20H18N4O2/c1-11-3-5-12(6-4-11)17-19(25)18(24(2)23-17)16-9-13-7-8-14(20(21)26)10-15(13)22-16/h3-8,10,25H,9H2,1-2H3,(H2,21,26). The highest BCUT2D eigenvalue weighted by Gasteiger charge is 2.25. The maximum atomic E-state index is 11.4. The molecule has 1 aliphatic rings. The monoisotopic (exact) mass is 346 g/mol. The number of aliphatic imine (C=N–C) groups is 1. The van der Waals surface area contributed by atoms with Crippen LogP contribution in [0.3, 0.4) is 0 Å². The van der Waals surface area contributed by atoms with Crippen LogP contribution in [0.4, 0.5) is 5.69 Å². The summed E-state index contributed by atoms with van der Waals surface area (Å²) in [5.41, 5.74) is 11.3. The SMILES string of the molecule is Cc1ccc(-c2nn(C)c(C3=Nc4cc(C(N)=O)ccc4C3)c2O)cc1. The normalized spacial score (nSPS) is 12.8. The van der Waals surface area contributed by atoms with Crippen molar-refractivity contribution < 1.29 is 9.90 Å². The van der Waals surface area contributed by atoms with Gasteiger partial charge in [0.1, 0.15) is 11.4 Å². The second kappa shape index (κ2) is 5.84. The third-order valence-electron chi connectivity index (χ3n) is 4.60. The van der Waals surface area contributed by atoms with Crippen LogP contribution in [0.2, 0.25) is 0 Å². The molecule has 6 heteroatoms. The topological polar surface area (TPSA) is 93.5 Å². The Morgan fingerprint density at radius 3 is 2.62 bits per heavy atom. The first kappa shape index (κ1) is 16.1. The number of benzene rings is 2. The largest absolute Gasteiger partial charge is 0.504 e. The van der Waals surface area contributed by atoms with E-state index in [9.17, 15) is 9.90 Å². The van der Waals surface area contributed by atoms with Gasteiger partial charge in [-0.2, -0.15) is 5.10 Å². The van der Waals surface area contributed by atoms with Crippen LogP contribution in [-0.2, 0) is 13.5 Å². The van der Waals surface area contributed by atoms with Gasteiger partial charge in [-0.25, -0.2) is 0 Å². The van der Waals surface area contributed by atoms with Gasteiger partial charge in [-0.05, 0) is 24.6 Å². The molecule has 2 aromatic carbocycles. The van der Waals surface area contributed by atoms with Crippen molar-refractivity contribution in [2.24, 2.45) is 17.8 Å². The molecule has 0 radical (unpaired) electrons. The smallest absolute Gasteiger partial charge is 0.248 e. The van der Waals surface area contributed by atoms with E-state index in [4.69, 9.17) is 5.73 Å². The molecule has 3 N–H and O–H groups in total. The number of carbonyl (C=O) groups is 1. The zero-order chi connectivity index (χ0) is 18.4. The fourth-order valence-corrected chi connectivity index (χ4v) is 3.21. The minimum atomic E-state index is -0.485. The van der Waals surface area contributed by atoms with Crippen molar-refractivity contribution in [2.45, 2.75) is 13.3 Å². The first-order valence-corrected chi connectivity index (χ1v) is 8.27. The molecule has 0 spiro atoms. The molecule has 1 aromatic heterocycles. The number of amides is 1. The van der Waals surface area contributed by atoms with Gasteiger partial charge >= 0.3 is 0 Å². The number of primary amides is 1. The van der Waals surface area contributed by atoms with Gasteiger partial charge in [0.15, 0.2) is 5.75 Å². The van der Waals surface area contributed by atoms with Crippen LogP contribution < -0.4 is 5.73 Å². The lowest BCUT2D eigenvalue weighted by molar-refractivity contribution is 0.100. The summed E-state index contributed by atoms with van der Waals surface area (Å²) in [5, 5.41) is 15.3. The average molecular weight is 346 g/mol. The Bertz CT molecular complexity index is 1060. The van der Waals surface area contributed by atoms with Crippen molar-refractivity contribution >= 4 is 17.3 Å². The van der Waals surface area contributed by atoms with Gasteiger partial charge in [-0.1, -0.05) is 35.9 Å². The lowest BCUT2D eigenvalue weighted by Crippen LogP contribution is -2.10. The molecule has 26 heavy (non-hydrogen) atoms. The highest BCUT2D eigenvalue weighted by molar-refractivity contribution is 6.08. The highest BCUT2D eigenvalue weighted by atomic mass is 16.3. The van der Waals surface area contributed by atoms with E-state index in [1.165, 1.54) is 0 Å². The van der Waals surface area contributed by atoms with Crippen LogP contribution in [0, 0.1) is 6.92 Å². The van der Waals surface area contributed by atoms with Gasteiger partial charge in [0, 0.05) is 24.6 Å². The summed E-state index contributed by atoms with van der Waals surface area (Å²) in [6.45, 7) is 2.01. The second-order valence-corrected chi connectivity index (χ2v) is 6.48. The summed E-state index contributed by atoms with van der Waals surface area (Å²) < 4.78 is 1.64. The zero-order valence-electron chi connectivity index (χ0n) is 14.5. The zero-order valence-corrected chi connectivity index (χ0v) is 14.5. The van der Waals surface area contributed by atoms with Gasteiger partial charge in [0.2, 0.25) is 5.91 Å². The van der Waals surface area contributed by atoms with Gasteiger partial charge in [0.05, 0.1) is 11.4 Å². The van der Waals surface area contributed by atoms with Crippen molar-refractivity contribution in [3.05, 3.63) is 64.8 Å². The van der Waals surface area contributed by atoms with E-state index in [1.807, 2.05) is 37.3 Å². The lowest BCUT2D eigenvalue weighted by Gasteiger charge is -2.02. The Morgan fingerprint density at radius 2 is 1.92 bits per heavy atom. The number of aromatic hydroxyl groups is 1. The van der Waals surface area contributed by atoms with Crippen molar-refractivity contribution in [3.63, 3.8) is 0 Å². The summed E-state index contributed by atoms with van der Waals surface area (Å²) >= 11 is 0. The summed E-state index contributed by atoms with van der Waals surface area (Å²) in [6.07, 6.45) is 0.564. The summed E-state index contributed by atoms with van der Waals surface area (Å²) in [5.74, 6) is -0.375. The number of carbonyl (C=O) groups excluding carboxylic acids is 1. The maximum Gasteiger partial charge on any atom is 0.248 e. The van der Waals surface area contributed by atoms with Crippen molar-refractivity contribution in [3.8, 4) is 17.0 Å². The predicted molar refractivity (Wildman–Crippen MR) is 99.9 cm³/mol. The van der Waals surface area contributed by atoms with E-state index < -0.39 is 5.91 Å². The number of nitrogens with two attached hydrogens (primary N) is 1. The Balaban J connectivity index is 1.76. The molecule has 1 aliphatic heterocycles. The Labute approximate surface area is 150 Å². The van der Waals surface area contributed by atoms with E-state index in [0.717, 1.165) is 16.7 Å². The van der Waals surface area contributed by atoms with Gasteiger partial charge in [-0.15, -0.1) is 0 Å². The average Bonchev–Trinajstić information content (AvgIpc) is 3.15. The van der Waals surface area contributed by atoms with Crippen molar-refractivity contribution in [1.29, 1.82) is 0 Å². The van der Waals surface area contributed by atoms with Crippen LogP contribution in [0.5, 0.6) is 5.75 Å². The molecule has 0 aliphatic carbocycles. The maximum absolute atomic E-state index is 11.4. The van der Waals surface area contributed by atoms with Crippen LogP contribution in [-0.4, -0.2) is 26.5 Å². The molecule has 2 heterocycles. The molecule has 1 amide bonds. The molecule has 3 aromatic rings. The third kappa shape index (κ3) is 2.56. The van der Waals surface area contributed by atoms with E-state index in [1.54, 1.807) is 23.9 Å². The van der Waals surface area contributed by atoms with E-state index >= 15 is 0 Å². The minimum absolute atomic E-state index is 0.109. The van der Waals surface area contributed by atoms with E-state index in [-0.39, 0.29) is 5.75 Å². The fourth-order valence-electron chi connectivity index (χ4n) is 3.21. The molecule has 0 saturated heterocycles. The molecule has 4 rings (SSSR count). The summed E-state index contributed by atoms with van der Waals surface area (Å²) in [7, 11) is 1.78. The number of rotatable bonds is 3. The molecule has 0 fully saturated rings. The molecule has 0 atom stereocenters. The molecule has 130 valence electrons. The number of nitrogens with zero attached hydrogens (tertiary/aromatic N) is 3. The lowest BCUT2D eigenvalue weighted by atomic mass is 10.0. The quantitative estimate of drug-likeness (QED) is 0.763. The fraction of sp³-hybridized carbons (Fsp3) is 0.150. The first-order chi connectivity index (χ1) is 12.4. The van der Waals surface area contributed by atoms with Crippen LogP contribution in [0.1, 0.15) is 27.2 Å². The number of hydrogen-bond acceptors (Lipinski definition) is 4.